The van der Waals surface area contributed by atoms with Gasteiger partial charge in [-0.05, 0) is 30.3 Å². The predicted molar refractivity (Wildman–Crippen MR) is 102 cm³/mol. The van der Waals surface area contributed by atoms with Crippen LogP contribution >= 0.6 is 11.8 Å². The lowest BCUT2D eigenvalue weighted by Gasteiger charge is -2.05. The average Bonchev–Trinajstić information content (AvgIpc) is 3.22. The minimum Gasteiger partial charge on any atom is -0.335 e. The molecule has 0 saturated heterocycles. The van der Waals surface area contributed by atoms with Gasteiger partial charge in [0.2, 0.25) is 11.1 Å². The molecular weight excluding hydrogens is 368 g/mol. The van der Waals surface area contributed by atoms with E-state index >= 15 is 0 Å². The Hall–Kier alpha value is -3.60. The summed E-state index contributed by atoms with van der Waals surface area (Å²) in [5.74, 6) is 6.35. The van der Waals surface area contributed by atoms with Crippen molar-refractivity contribution >= 4 is 34.4 Å². The molecule has 10 nitrogen and oxygen atoms in total. The average molecular weight is 382 g/mol. The first-order valence-corrected chi connectivity index (χ1v) is 8.84. The normalized spacial score (nSPS) is 11.0. The summed E-state index contributed by atoms with van der Waals surface area (Å²) in [5, 5.41) is 11.2. The molecule has 4 aromatic rings. The highest BCUT2D eigenvalue weighted by molar-refractivity contribution is 7.99. The van der Waals surface area contributed by atoms with Crippen molar-refractivity contribution in [1.82, 2.24) is 29.8 Å². The number of fused-ring (bicyclic) bond motifs is 1. The van der Waals surface area contributed by atoms with E-state index in [1.807, 2.05) is 6.07 Å². The SMILES string of the molecule is Nn1c(SCC(=O)Nc2ccc3[nH]c(=O)[nH]c3c2)nnc1-c1cccnc1. The van der Waals surface area contributed by atoms with Gasteiger partial charge in [-0.1, -0.05) is 11.8 Å². The number of nitrogens with two attached hydrogens (primary N) is 1. The van der Waals surface area contributed by atoms with Gasteiger partial charge in [0, 0.05) is 23.6 Å². The van der Waals surface area contributed by atoms with Gasteiger partial charge in [-0.2, -0.15) is 0 Å². The van der Waals surface area contributed by atoms with Gasteiger partial charge in [0.25, 0.3) is 0 Å². The van der Waals surface area contributed by atoms with Crippen LogP contribution in [0.15, 0.2) is 52.7 Å². The van der Waals surface area contributed by atoms with Crippen LogP contribution in [0.2, 0.25) is 0 Å². The number of hydrogen-bond donors (Lipinski definition) is 4. The minimum absolute atomic E-state index is 0.101. The molecular formula is C16H14N8O2S. The fraction of sp³-hybridized carbons (Fsp3) is 0.0625. The molecule has 5 N–H and O–H groups in total. The van der Waals surface area contributed by atoms with E-state index in [0.717, 1.165) is 5.56 Å². The number of nitrogen functional groups attached to an aromatic ring is 1. The molecule has 27 heavy (non-hydrogen) atoms. The Morgan fingerprint density at radius 2 is 2.07 bits per heavy atom. The number of nitrogens with one attached hydrogen (secondary N) is 3. The summed E-state index contributed by atoms with van der Waals surface area (Å²) in [7, 11) is 0. The molecule has 0 saturated carbocycles. The van der Waals surface area contributed by atoms with Crippen molar-refractivity contribution in [2.24, 2.45) is 0 Å². The number of rotatable bonds is 5. The van der Waals surface area contributed by atoms with E-state index in [1.165, 1.54) is 16.4 Å². The van der Waals surface area contributed by atoms with Crippen molar-refractivity contribution in [1.29, 1.82) is 0 Å². The first kappa shape index (κ1) is 16.8. The number of aromatic nitrogens is 6. The number of amides is 1. The second kappa shape index (κ2) is 6.96. The number of hydrogen-bond acceptors (Lipinski definition) is 7. The zero-order valence-corrected chi connectivity index (χ0v) is 14.7. The Bertz CT molecular complexity index is 1160. The maximum Gasteiger partial charge on any atom is 0.323 e. The molecule has 0 atom stereocenters. The van der Waals surface area contributed by atoms with Gasteiger partial charge in [0.1, 0.15) is 0 Å². The van der Waals surface area contributed by atoms with Crippen LogP contribution in [0.1, 0.15) is 0 Å². The van der Waals surface area contributed by atoms with Crippen LogP contribution in [0.4, 0.5) is 5.69 Å². The summed E-state index contributed by atoms with van der Waals surface area (Å²) in [6.07, 6.45) is 3.29. The second-order valence-electron chi connectivity index (χ2n) is 5.59. The summed E-state index contributed by atoms with van der Waals surface area (Å²) in [6.45, 7) is 0. The largest absolute Gasteiger partial charge is 0.335 e. The molecule has 3 aromatic heterocycles. The monoisotopic (exact) mass is 382 g/mol. The van der Waals surface area contributed by atoms with E-state index in [2.05, 4.69) is 30.5 Å². The van der Waals surface area contributed by atoms with Crippen LogP contribution in [0.25, 0.3) is 22.4 Å². The van der Waals surface area contributed by atoms with E-state index in [4.69, 9.17) is 5.84 Å². The molecule has 0 unspecified atom stereocenters. The number of carbonyl (C=O) groups is 1. The number of H-pyrrole nitrogens is 2. The predicted octanol–water partition coefficient (Wildman–Crippen LogP) is 0.954. The number of carbonyl (C=O) groups excluding carboxylic acids is 1. The summed E-state index contributed by atoms with van der Waals surface area (Å²) in [4.78, 5) is 32.8. The van der Waals surface area contributed by atoms with Gasteiger partial charge < -0.3 is 21.1 Å². The van der Waals surface area contributed by atoms with Gasteiger partial charge in [-0.3, -0.25) is 9.78 Å². The highest BCUT2D eigenvalue weighted by atomic mass is 32.2. The number of benzene rings is 1. The molecule has 0 aliphatic heterocycles. The first-order chi connectivity index (χ1) is 13.1. The molecule has 4 rings (SSSR count). The molecule has 0 bridgehead atoms. The Morgan fingerprint density at radius 3 is 2.89 bits per heavy atom. The molecule has 1 aromatic carbocycles. The zero-order valence-electron chi connectivity index (χ0n) is 13.8. The molecule has 0 spiro atoms. The van der Waals surface area contributed by atoms with Crippen molar-refractivity contribution in [3.05, 3.63) is 53.2 Å². The highest BCUT2D eigenvalue weighted by Gasteiger charge is 2.14. The lowest BCUT2D eigenvalue weighted by Crippen LogP contribution is -2.16. The first-order valence-electron chi connectivity index (χ1n) is 7.86. The summed E-state index contributed by atoms with van der Waals surface area (Å²) in [5.41, 5.74) is 2.31. The summed E-state index contributed by atoms with van der Waals surface area (Å²) < 4.78 is 1.32. The number of aromatic amines is 2. The fourth-order valence-electron chi connectivity index (χ4n) is 2.50. The van der Waals surface area contributed by atoms with Crippen LogP contribution in [0.5, 0.6) is 0 Å². The van der Waals surface area contributed by atoms with Crippen molar-refractivity contribution in [2.45, 2.75) is 5.16 Å². The summed E-state index contributed by atoms with van der Waals surface area (Å²) >= 11 is 1.17. The quantitative estimate of drug-likeness (QED) is 0.297. The van der Waals surface area contributed by atoms with E-state index < -0.39 is 0 Å². The maximum absolute atomic E-state index is 12.2. The zero-order chi connectivity index (χ0) is 18.8. The van der Waals surface area contributed by atoms with Gasteiger partial charge in [0.15, 0.2) is 5.82 Å². The molecule has 0 aliphatic rings. The Labute approximate surface area is 156 Å². The number of anilines is 1. The molecule has 0 fully saturated rings. The lowest BCUT2D eigenvalue weighted by atomic mass is 10.3. The maximum atomic E-state index is 12.2. The Morgan fingerprint density at radius 1 is 1.22 bits per heavy atom. The topological polar surface area (TPSA) is 147 Å². The third-order valence-electron chi connectivity index (χ3n) is 3.72. The van der Waals surface area contributed by atoms with Gasteiger partial charge in [-0.15, -0.1) is 10.2 Å². The Balaban J connectivity index is 1.41. The van der Waals surface area contributed by atoms with Crippen LogP contribution in [-0.4, -0.2) is 41.5 Å². The number of thioether (sulfide) groups is 1. The Kier molecular flexibility index (Phi) is 4.34. The van der Waals surface area contributed by atoms with Gasteiger partial charge in [-0.25, -0.2) is 9.47 Å². The van der Waals surface area contributed by atoms with Crippen LogP contribution in [-0.2, 0) is 4.79 Å². The lowest BCUT2D eigenvalue weighted by molar-refractivity contribution is -0.113. The smallest absolute Gasteiger partial charge is 0.323 e. The second-order valence-corrected chi connectivity index (χ2v) is 6.54. The molecule has 3 heterocycles. The van der Waals surface area contributed by atoms with E-state index in [-0.39, 0.29) is 17.3 Å². The van der Waals surface area contributed by atoms with Crippen molar-refractivity contribution in [3.63, 3.8) is 0 Å². The van der Waals surface area contributed by atoms with Gasteiger partial charge in [0.05, 0.1) is 16.8 Å². The van der Waals surface area contributed by atoms with E-state index in [0.29, 0.717) is 27.7 Å². The highest BCUT2D eigenvalue weighted by Crippen LogP contribution is 2.21. The third kappa shape index (κ3) is 3.53. The molecule has 136 valence electrons. The van der Waals surface area contributed by atoms with E-state index in [9.17, 15) is 9.59 Å². The fourth-order valence-corrected chi connectivity index (χ4v) is 3.16. The molecule has 0 radical (unpaired) electrons. The van der Waals surface area contributed by atoms with Crippen LogP contribution < -0.4 is 16.8 Å². The minimum atomic E-state index is -0.296. The van der Waals surface area contributed by atoms with E-state index in [1.54, 1.807) is 36.7 Å². The number of imidazole rings is 1. The molecule has 1 amide bonds. The van der Waals surface area contributed by atoms with Crippen molar-refractivity contribution in [3.8, 4) is 11.4 Å². The third-order valence-corrected chi connectivity index (χ3v) is 4.66. The standard InChI is InChI=1S/C16H14N8O2S/c17-24-14(9-2-1-5-18-7-9)22-23-16(24)27-8-13(25)19-10-3-4-11-12(6-10)21-15(26)20-11/h1-7H,8,17H2,(H,19,25)(H2,20,21,26). The van der Waals surface area contributed by atoms with Crippen molar-refractivity contribution < 1.29 is 4.79 Å². The summed E-state index contributed by atoms with van der Waals surface area (Å²) in [6, 6.07) is 8.71. The molecule has 11 heteroatoms. The van der Waals surface area contributed by atoms with Crippen LogP contribution in [0.3, 0.4) is 0 Å². The molecule has 0 aliphatic carbocycles. The van der Waals surface area contributed by atoms with Gasteiger partial charge >= 0.3 is 5.69 Å². The number of nitrogens with zero attached hydrogens (tertiary/aromatic N) is 4. The van der Waals surface area contributed by atoms with Crippen LogP contribution in [0, 0.1) is 0 Å². The number of pyridine rings is 1. The van der Waals surface area contributed by atoms with Crippen molar-refractivity contribution in [2.75, 3.05) is 16.9 Å².